The Morgan fingerprint density at radius 2 is 2.24 bits per heavy atom. The number of hydrogen-bond donors (Lipinski definition) is 2. The van der Waals surface area contributed by atoms with Crippen LogP contribution < -0.4 is 5.32 Å². The molecule has 0 saturated heterocycles. The smallest absolute Gasteiger partial charge is 0.222 e. The van der Waals surface area contributed by atoms with Gasteiger partial charge in [0.05, 0.1) is 17.1 Å². The van der Waals surface area contributed by atoms with Gasteiger partial charge in [-0.2, -0.15) is 5.10 Å². The summed E-state index contributed by atoms with van der Waals surface area (Å²) in [6, 6.07) is 9.51. The van der Waals surface area contributed by atoms with Crippen molar-refractivity contribution in [2.75, 3.05) is 0 Å². The van der Waals surface area contributed by atoms with Crippen LogP contribution >= 0.6 is 0 Å². The number of imidazole rings is 1. The second-order valence-electron chi connectivity index (χ2n) is 4.95. The number of amides is 1. The summed E-state index contributed by atoms with van der Waals surface area (Å²) in [6.45, 7) is 2.50. The molecule has 0 aliphatic rings. The maximum Gasteiger partial charge on any atom is 0.222 e. The minimum absolute atomic E-state index is 0.0153. The molecule has 1 aromatic carbocycles. The Hall–Kier alpha value is -2.63. The van der Waals surface area contributed by atoms with Gasteiger partial charge in [-0.05, 0) is 25.1 Å². The molecule has 3 rings (SSSR count). The Bertz CT molecular complexity index is 698. The summed E-state index contributed by atoms with van der Waals surface area (Å²) in [6.07, 6.45) is 3.94. The fourth-order valence-corrected chi connectivity index (χ4v) is 2.21. The summed E-state index contributed by atoms with van der Waals surface area (Å²) in [4.78, 5) is 19.7. The van der Waals surface area contributed by atoms with Crippen molar-refractivity contribution in [1.82, 2.24) is 25.1 Å². The molecule has 108 valence electrons. The first-order valence-electron chi connectivity index (χ1n) is 6.94. The molecule has 0 radical (unpaired) electrons. The molecule has 2 aromatic heterocycles. The van der Waals surface area contributed by atoms with Gasteiger partial charge in [-0.15, -0.1) is 0 Å². The molecule has 0 spiro atoms. The van der Waals surface area contributed by atoms with Gasteiger partial charge >= 0.3 is 0 Å². The highest BCUT2D eigenvalue weighted by molar-refractivity contribution is 5.77. The lowest BCUT2D eigenvalue weighted by molar-refractivity contribution is -0.122. The molecule has 0 aliphatic heterocycles. The van der Waals surface area contributed by atoms with Crippen LogP contribution in [0.1, 0.15) is 25.2 Å². The second-order valence-corrected chi connectivity index (χ2v) is 4.95. The van der Waals surface area contributed by atoms with E-state index >= 15 is 0 Å². The Kier molecular flexibility index (Phi) is 3.68. The maximum absolute atomic E-state index is 11.9. The molecule has 0 saturated carbocycles. The average Bonchev–Trinajstić information content (AvgIpc) is 3.14. The quantitative estimate of drug-likeness (QED) is 0.752. The molecule has 1 unspecified atom stereocenters. The third-order valence-electron chi connectivity index (χ3n) is 3.32. The van der Waals surface area contributed by atoms with Crippen LogP contribution in [0, 0.1) is 0 Å². The van der Waals surface area contributed by atoms with Crippen molar-refractivity contribution in [1.29, 1.82) is 0 Å². The van der Waals surface area contributed by atoms with Crippen molar-refractivity contribution >= 4 is 16.9 Å². The van der Waals surface area contributed by atoms with E-state index in [1.165, 1.54) is 0 Å². The Morgan fingerprint density at radius 3 is 3.00 bits per heavy atom. The van der Waals surface area contributed by atoms with Gasteiger partial charge < -0.3 is 10.3 Å². The third-order valence-corrected chi connectivity index (χ3v) is 3.32. The highest BCUT2D eigenvalue weighted by atomic mass is 16.1. The van der Waals surface area contributed by atoms with E-state index in [1.54, 1.807) is 10.9 Å². The molecular weight excluding hydrogens is 266 g/mol. The normalized spacial score (nSPS) is 12.4. The number of hydrogen-bond acceptors (Lipinski definition) is 3. The molecule has 21 heavy (non-hydrogen) atoms. The molecule has 1 atom stereocenters. The van der Waals surface area contributed by atoms with E-state index in [1.807, 2.05) is 43.5 Å². The first-order valence-corrected chi connectivity index (χ1v) is 6.94. The molecule has 6 nitrogen and oxygen atoms in total. The van der Waals surface area contributed by atoms with Crippen LogP contribution in [0.15, 0.2) is 42.7 Å². The predicted molar refractivity (Wildman–Crippen MR) is 79.5 cm³/mol. The zero-order valence-corrected chi connectivity index (χ0v) is 11.8. The maximum atomic E-state index is 11.9. The predicted octanol–water partition coefficient (Wildman–Crippen LogP) is 2.03. The van der Waals surface area contributed by atoms with Crippen LogP contribution in [-0.4, -0.2) is 25.7 Å². The summed E-state index contributed by atoms with van der Waals surface area (Å²) in [5, 5.41) is 7.02. The molecule has 0 bridgehead atoms. The summed E-state index contributed by atoms with van der Waals surface area (Å²) in [5.41, 5.74) is 1.88. The summed E-state index contributed by atoms with van der Waals surface area (Å²) >= 11 is 0. The zero-order valence-electron chi connectivity index (χ0n) is 11.8. The number of fused-ring (bicyclic) bond motifs is 1. The van der Waals surface area contributed by atoms with Crippen LogP contribution in [0.2, 0.25) is 0 Å². The van der Waals surface area contributed by atoms with E-state index in [9.17, 15) is 4.79 Å². The molecule has 1 amide bonds. The number of carbonyl (C=O) groups is 1. The monoisotopic (exact) mass is 283 g/mol. The van der Waals surface area contributed by atoms with E-state index in [2.05, 4.69) is 20.4 Å². The number of rotatable bonds is 5. The van der Waals surface area contributed by atoms with E-state index in [0.29, 0.717) is 13.0 Å². The average molecular weight is 283 g/mol. The summed E-state index contributed by atoms with van der Waals surface area (Å²) in [5.74, 6) is 0.752. The van der Waals surface area contributed by atoms with E-state index < -0.39 is 0 Å². The topological polar surface area (TPSA) is 75.6 Å². The molecular formula is C15H17N5O. The van der Waals surface area contributed by atoms with E-state index in [-0.39, 0.29) is 11.9 Å². The minimum atomic E-state index is -0.150. The van der Waals surface area contributed by atoms with Crippen molar-refractivity contribution in [3.05, 3.63) is 48.5 Å². The first-order chi connectivity index (χ1) is 10.2. The van der Waals surface area contributed by atoms with Crippen LogP contribution in [0.4, 0.5) is 0 Å². The van der Waals surface area contributed by atoms with Crippen molar-refractivity contribution in [3.63, 3.8) is 0 Å². The molecule has 3 aromatic rings. The Morgan fingerprint density at radius 1 is 1.38 bits per heavy atom. The number of aromatic amines is 1. The first kappa shape index (κ1) is 13.4. The van der Waals surface area contributed by atoms with Crippen molar-refractivity contribution in [2.45, 2.75) is 25.9 Å². The third kappa shape index (κ3) is 3.10. The molecule has 0 fully saturated rings. The van der Waals surface area contributed by atoms with Gasteiger partial charge in [-0.3, -0.25) is 9.48 Å². The standard InChI is InChI=1S/C15H17N5O/c1-11(15-18-12-5-2-3-6-13(12)19-15)17-14(21)7-10-20-9-4-8-16-20/h2-6,8-9,11H,7,10H2,1H3,(H,17,21)(H,18,19). The van der Waals surface area contributed by atoms with Gasteiger partial charge in [0.1, 0.15) is 5.82 Å². The number of para-hydroxylation sites is 2. The largest absolute Gasteiger partial charge is 0.346 e. The highest BCUT2D eigenvalue weighted by Crippen LogP contribution is 2.15. The summed E-state index contributed by atoms with van der Waals surface area (Å²) < 4.78 is 1.74. The van der Waals surface area contributed by atoms with Gasteiger partial charge in [0.25, 0.3) is 0 Å². The van der Waals surface area contributed by atoms with Crippen LogP contribution in [0.25, 0.3) is 11.0 Å². The van der Waals surface area contributed by atoms with E-state index in [0.717, 1.165) is 16.9 Å². The second kappa shape index (κ2) is 5.78. The summed E-state index contributed by atoms with van der Waals surface area (Å²) in [7, 11) is 0. The van der Waals surface area contributed by atoms with Crippen molar-refractivity contribution in [3.8, 4) is 0 Å². The number of H-pyrrole nitrogens is 1. The Balaban J connectivity index is 1.60. The van der Waals surface area contributed by atoms with Gasteiger partial charge in [-0.25, -0.2) is 4.98 Å². The van der Waals surface area contributed by atoms with Crippen LogP contribution in [0.5, 0.6) is 0 Å². The lowest BCUT2D eigenvalue weighted by atomic mass is 10.3. The van der Waals surface area contributed by atoms with Crippen LogP contribution in [-0.2, 0) is 11.3 Å². The SMILES string of the molecule is CC(NC(=O)CCn1cccn1)c1nc2ccccc2[nH]1. The minimum Gasteiger partial charge on any atom is -0.346 e. The highest BCUT2D eigenvalue weighted by Gasteiger charge is 2.13. The van der Waals surface area contributed by atoms with Gasteiger partial charge in [0, 0.05) is 25.4 Å². The van der Waals surface area contributed by atoms with Gasteiger partial charge in [0.15, 0.2) is 0 Å². The lowest BCUT2D eigenvalue weighted by Gasteiger charge is -2.11. The van der Waals surface area contributed by atoms with Gasteiger partial charge in [-0.1, -0.05) is 12.1 Å². The molecule has 2 N–H and O–H groups in total. The number of nitrogens with one attached hydrogen (secondary N) is 2. The molecule has 2 heterocycles. The van der Waals surface area contributed by atoms with E-state index in [4.69, 9.17) is 0 Å². The number of aryl methyl sites for hydroxylation is 1. The number of benzene rings is 1. The fraction of sp³-hybridized carbons (Fsp3) is 0.267. The van der Waals surface area contributed by atoms with Crippen molar-refractivity contribution < 1.29 is 4.79 Å². The molecule has 0 aliphatic carbocycles. The Labute approximate surface area is 122 Å². The van der Waals surface area contributed by atoms with Crippen LogP contribution in [0.3, 0.4) is 0 Å². The van der Waals surface area contributed by atoms with Gasteiger partial charge in [0.2, 0.25) is 5.91 Å². The fourth-order valence-electron chi connectivity index (χ4n) is 2.21. The lowest BCUT2D eigenvalue weighted by Crippen LogP contribution is -2.28. The molecule has 6 heteroatoms. The van der Waals surface area contributed by atoms with Crippen molar-refractivity contribution in [2.24, 2.45) is 0 Å². The number of nitrogens with zero attached hydrogens (tertiary/aromatic N) is 3. The number of aromatic nitrogens is 4. The zero-order chi connectivity index (χ0) is 14.7. The number of carbonyl (C=O) groups excluding carboxylic acids is 1.